The Kier molecular flexibility index (Phi) is 3.23. The Morgan fingerprint density at radius 3 is 2.82 bits per heavy atom. The second-order valence-electron chi connectivity index (χ2n) is 3.90. The Morgan fingerprint density at radius 2 is 2.24 bits per heavy atom. The van der Waals surface area contributed by atoms with Crippen LogP contribution >= 0.6 is 0 Å². The molecule has 0 saturated carbocycles. The molecule has 1 N–H and O–H groups in total. The van der Waals surface area contributed by atoms with Crippen LogP contribution in [0.1, 0.15) is 34.8 Å². The predicted molar refractivity (Wildman–Crippen MR) is 63.6 cm³/mol. The number of rotatable bonds is 3. The van der Waals surface area contributed by atoms with Gasteiger partial charge >= 0.3 is 0 Å². The number of amides is 1. The van der Waals surface area contributed by atoms with Gasteiger partial charge in [0.05, 0.1) is 17.9 Å². The fourth-order valence-electron chi connectivity index (χ4n) is 1.49. The molecular weight excluding hydrogens is 216 g/mol. The van der Waals surface area contributed by atoms with Gasteiger partial charge in [-0.2, -0.15) is 0 Å². The second-order valence-corrected chi connectivity index (χ2v) is 3.90. The van der Waals surface area contributed by atoms with Crippen LogP contribution in [0.4, 0.5) is 0 Å². The van der Waals surface area contributed by atoms with Crippen molar-refractivity contribution in [3.8, 4) is 0 Å². The minimum absolute atomic E-state index is 0.151. The van der Waals surface area contributed by atoms with Gasteiger partial charge in [0.2, 0.25) is 0 Å². The molecule has 0 spiro atoms. The lowest BCUT2D eigenvalue weighted by Gasteiger charge is -2.11. The first-order chi connectivity index (χ1) is 8.16. The van der Waals surface area contributed by atoms with Crippen LogP contribution in [0.15, 0.2) is 41.1 Å². The summed E-state index contributed by atoms with van der Waals surface area (Å²) in [6.45, 7) is 3.76. The Bertz CT molecular complexity index is 489. The zero-order valence-corrected chi connectivity index (χ0v) is 9.81. The maximum atomic E-state index is 11.9. The Labute approximate surface area is 99.7 Å². The maximum Gasteiger partial charge on any atom is 0.253 e. The molecule has 1 unspecified atom stereocenters. The quantitative estimate of drug-likeness (QED) is 0.881. The lowest BCUT2D eigenvalue weighted by molar-refractivity contribution is 0.0935. The van der Waals surface area contributed by atoms with Gasteiger partial charge in [0.1, 0.15) is 5.76 Å². The summed E-state index contributed by atoms with van der Waals surface area (Å²) < 4.78 is 5.22. The van der Waals surface area contributed by atoms with Gasteiger partial charge < -0.3 is 9.73 Å². The van der Waals surface area contributed by atoms with E-state index < -0.39 is 0 Å². The third-order valence-electron chi connectivity index (χ3n) is 2.49. The Hall–Kier alpha value is -2.10. The van der Waals surface area contributed by atoms with Crippen molar-refractivity contribution in [3.05, 3.63) is 53.7 Å². The molecule has 88 valence electrons. The molecule has 0 aromatic carbocycles. The fraction of sp³-hybridized carbons (Fsp3) is 0.231. The van der Waals surface area contributed by atoms with Crippen molar-refractivity contribution >= 4 is 5.91 Å². The molecule has 2 heterocycles. The molecule has 4 heteroatoms. The summed E-state index contributed by atoms with van der Waals surface area (Å²) in [7, 11) is 0. The van der Waals surface area contributed by atoms with Crippen LogP contribution in [0.5, 0.6) is 0 Å². The van der Waals surface area contributed by atoms with E-state index in [9.17, 15) is 4.79 Å². The highest BCUT2D eigenvalue weighted by Crippen LogP contribution is 2.13. The van der Waals surface area contributed by atoms with Crippen LogP contribution in [-0.2, 0) is 0 Å². The molecule has 0 fully saturated rings. The summed E-state index contributed by atoms with van der Waals surface area (Å²) in [5.74, 6) is 0.583. The van der Waals surface area contributed by atoms with Gasteiger partial charge in [-0.05, 0) is 38.1 Å². The number of carbonyl (C=O) groups is 1. The first-order valence-electron chi connectivity index (χ1n) is 5.44. The monoisotopic (exact) mass is 230 g/mol. The second kappa shape index (κ2) is 4.82. The predicted octanol–water partition coefficient (Wildman–Crippen LogP) is 2.47. The zero-order chi connectivity index (χ0) is 12.3. The van der Waals surface area contributed by atoms with Crippen molar-refractivity contribution in [3.63, 3.8) is 0 Å². The van der Waals surface area contributed by atoms with Gasteiger partial charge in [-0.1, -0.05) is 0 Å². The van der Waals surface area contributed by atoms with Gasteiger partial charge in [0, 0.05) is 11.9 Å². The Morgan fingerprint density at radius 1 is 1.41 bits per heavy atom. The van der Waals surface area contributed by atoms with Crippen LogP contribution in [-0.4, -0.2) is 10.9 Å². The number of hydrogen-bond donors (Lipinski definition) is 1. The summed E-state index contributed by atoms with van der Waals surface area (Å²) in [5, 5.41) is 2.85. The van der Waals surface area contributed by atoms with Crippen LogP contribution in [0.2, 0.25) is 0 Å². The lowest BCUT2D eigenvalue weighted by atomic mass is 10.2. The molecule has 0 saturated heterocycles. The number of aromatic nitrogens is 1. The smallest absolute Gasteiger partial charge is 0.253 e. The number of furan rings is 1. The average Bonchev–Trinajstić information content (AvgIpc) is 2.83. The van der Waals surface area contributed by atoms with Crippen LogP contribution in [0.3, 0.4) is 0 Å². The molecule has 2 aromatic heterocycles. The number of nitrogens with one attached hydrogen (secondary N) is 1. The highest BCUT2D eigenvalue weighted by Gasteiger charge is 2.13. The molecule has 0 aliphatic carbocycles. The largest absolute Gasteiger partial charge is 0.467 e. The van der Waals surface area contributed by atoms with E-state index in [1.807, 2.05) is 26.0 Å². The third-order valence-corrected chi connectivity index (χ3v) is 2.49. The number of carbonyl (C=O) groups excluding carboxylic acids is 1. The lowest BCUT2D eigenvalue weighted by Crippen LogP contribution is -2.26. The SMILES string of the molecule is Cc1ccc(C(=O)NC(C)c2ccco2)cn1. The van der Waals surface area contributed by atoms with Crippen molar-refractivity contribution in [2.45, 2.75) is 19.9 Å². The molecule has 4 nitrogen and oxygen atoms in total. The van der Waals surface area contributed by atoms with E-state index in [0.717, 1.165) is 11.5 Å². The Balaban J connectivity index is 2.04. The van der Waals surface area contributed by atoms with E-state index in [1.165, 1.54) is 0 Å². The van der Waals surface area contributed by atoms with Crippen molar-refractivity contribution in [1.82, 2.24) is 10.3 Å². The maximum absolute atomic E-state index is 11.9. The molecule has 1 atom stereocenters. The minimum Gasteiger partial charge on any atom is -0.467 e. The van der Waals surface area contributed by atoms with Crippen molar-refractivity contribution in [2.75, 3.05) is 0 Å². The molecule has 0 radical (unpaired) electrons. The molecular formula is C13H14N2O2. The summed E-state index contributed by atoms with van der Waals surface area (Å²) in [6, 6.07) is 7.04. The standard InChI is InChI=1S/C13H14N2O2/c1-9-5-6-11(8-14-9)13(16)15-10(2)12-4-3-7-17-12/h3-8,10H,1-2H3,(H,15,16). The van der Waals surface area contributed by atoms with Crippen LogP contribution < -0.4 is 5.32 Å². The molecule has 0 bridgehead atoms. The van der Waals surface area contributed by atoms with Crippen molar-refractivity contribution in [1.29, 1.82) is 0 Å². The van der Waals surface area contributed by atoms with Crippen molar-refractivity contribution < 1.29 is 9.21 Å². The zero-order valence-electron chi connectivity index (χ0n) is 9.81. The van der Waals surface area contributed by atoms with E-state index in [1.54, 1.807) is 24.6 Å². The first-order valence-corrected chi connectivity index (χ1v) is 5.44. The van der Waals surface area contributed by atoms with E-state index in [2.05, 4.69) is 10.3 Å². The van der Waals surface area contributed by atoms with Gasteiger partial charge in [0.15, 0.2) is 0 Å². The molecule has 2 aromatic rings. The third kappa shape index (κ3) is 2.72. The molecule has 17 heavy (non-hydrogen) atoms. The summed E-state index contributed by atoms with van der Waals surface area (Å²) in [4.78, 5) is 16.0. The molecule has 1 amide bonds. The van der Waals surface area contributed by atoms with E-state index in [-0.39, 0.29) is 11.9 Å². The molecule has 0 aliphatic rings. The van der Waals surface area contributed by atoms with E-state index >= 15 is 0 Å². The van der Waals surface area contributed by atoms with Gasteiger partial charge in [-0.3, -0.25) is 9.78 Å². The van der Waals surface area contributed by atoms with Gasteiger partial charge in [-0.25, -0.2) is 0 Å². The molecule has 0 aliphatic heterocycles. The van der Waals surface area contributed by atoms with E-state index in [4.69, 9.17) is 4.42 Å². The number of hydrogen-bond acceptors (Lipinski definition) is 3. The highest BCUT2D eigenvalue weighted by molar-refractivity contribution is 5.94. The van der Waals surface area contributed by atoms with Crippen LogP contribution in [0, 0.1) is 6.92 Å². The van der Waals surface area contributed by atoms with Crippen LogP contribution in [0.25, 0.3) is 0 Å². The average molecular weight is 230 g/mol. The summed E-state index contributed by atoms with van der Waals surface area (Å²) >= 11 is 0. The molecule has 2 rings (SSSR count). The van der Waals surface area contributed by atoms with E-state index in [0.29, 0.717) is 5.56 Å². The fourth-order valence-corrected chi connectivity index (χ4v) is 1.49. The number of pyridine rings is 1. The van der Waals surface area contributed by atoms with Gasteiger partial charge in [0.25, 0.3) is 5.91 Å². The highest BCUT2D eigenvalue weighted by atomic mass is 16.3. The summed E-state index contributed by atoms with van der Waals surface area (Å²) in [6.07, 6.45) is 3.16. The minimum atomic E-state index is -0.154. The number of nitrogens with zero attached hydrogens (tertiary/aromatic N) is 1. The summed E-state index contributed by atoms with van der Waals surface area (Å²) in [5.41, 5.74) is 1.44. The normalized spacial score (nSPS) is 12.1. The number of aryl methyl sites for hydroxylation is 1. The van der Waals surface area contributed by atoms with Gasteiger partial charge in [-0.15, -0.1) is 0 Å². The first kappa shape index (κ1) is 11.4. The van der Waals surface area contributed by atoms with Crippen molar-refractivity contribution in [2.24, 2.45) is 0 Å². The topological polar surface area (TPSA) is 55.1 Å².